The van der Waals surface area contributed by atoms with Gasteiger partial charge in [-0.1, -0.05) is 48.0 Å². The van der Waals surface area contributed by atoms with E-state index in [-0.39, 0.29) is 18.0 Å². The van der Waals surface area contributed by atoms with Gasteiger partial charge < -0.3 is 21.7 Å². The molecule has 3 aromatic rings. The fraction of sp³-hybridized carbons (Fsp3) is 0.231. The Morgan fingerprint density at radius 1 is 1.03 bits per heavy atom. The largest absolute Gasteiger partial charge is 0.397 e. The molecule has 32 heavy (non-hydrogen) atoms. The number of urea groups is 1. The molecule has 0 bridgehead atoms. The van der Waals surface area contributed by atoms with Crippen molar-refractivity contribution in [2.75, 3.05) is 17.6 Å². The molecule has 164 valence electrons. The number of nitrogens with two attached hydrogens (primary N) is 1. The molecular weight excluding hydrogens is 400 g/mol. The maximum absolute atomic E-state index is 12.6. The molecule has 1 atom stereocenters. The molecule has 6 nitrogen and oxygen atoms in total. The zero-order chi connectivity index (χ0) is 22.5. The zero-order valence-corrected chi connectivity index (χ0v) is 18.2. The maximum Gasteiger partial charge on any atom is 0.315 e. The van der Waals surface area contributed by atoms with Gasteiger partial charge in [0, 0.05) is 12.1 Å². The second kappa shape index (κ2) is 9.56. The number of rotatable bonds is 6. The first-order chi connectivity index (χ1) is 15.5. The number of amides is 3. The summed E-state index contributed by atoms with van der Waals surface area (Å²) in [5.41, 5.74) is 12.2. The van der Waals surface area contributed by atoms with Crippen LogP contribution in [0.25, 0.3) is 0 Å². The second-order valence-electron chi connectivity index (χ2n) is 8.19. The van der Waals surface area contributed by atoms with E-state index in [9.17, 15) is 9.59 Å². The summed E-state index contributed by atoms with van der Waals surface area (Å²) in [6, 6.07) is 20.9. The summed E-state index contributed by atoms with van der Waals surface area (Å²) in [7, 11) is 0. The van der Waals surface area contributed by atoms with Gasteiger partial charge in [-0.05, 0) is 67.1 Å². The normalized spacial score (nSPS) is 14.5. The van der Waals surface area contributed by atoms with Gasteiger partial charge in [-0.15, -0.1) is 0 Å². The number of hydrogen-bond donors (Lipinski definition) is 4. The Bertz CT molecular complexity index is 1140. The number of aryl methyl sites for hydroxylation is 2. The van der Waals surface area contributed by atoms with E-state index < -0.39 is 0 Å². The maximum atomic E-state index is 12.6. The number of fused-ring (bicyclic) bond motifs is 1. The molecule has 0 fully saturated rings. The number of carbonyl (C=O) groups is 2. The topological polar surface area (TPSA) is 96.2 Å². The van der Waals surface area contributed by atoms with Crippen molar-refractivity contribution >= 4 is 23.3 Å². The van der Waals surface area contributed by atoms with Crippen LogP contribution in [0.2, 0.25) is 0 Å². The Balaban J connectivity index is 1.32. The molecule has 5 N–H and O–H groups in total. The Labute approximate surface area is 188 Å². The Hall–Kier alpha value is -3.80. The highest BCUT2D eigenvalue weighted by Crippen LogP contribution is 2.32. The van der Waals surface area contributed by atoms with Crippen LogP contribution in [0.5, 0.6) is 0 Å². The van der Waals surface area contributed by atoms with Crippen molar-refractivity contribution in [3.05, 3.63) is 94.5 Å². The quantitative estimate of drug-likeness (QED) is 0.439. The van der Waals surface area contributed by atoms with Gasteiger partial charge in [0.05, 0.1) is 17.4 Å². The molecule has 0 saturated heterocycles. The minimum Gasteiger partial charge on any atom is -0.397 e. The van der Waals surface area contributed by atoms with Crippen LogP contribution in [0.4, 0.5) is 16.2 Å². The first kappa shape index (κ1) is 21.4. The van der Waals surface area contributed by atoms with Crippen molar-refractivity contribution in [1.29, 1.82) is 0 Å². The monoisotopic (exact) mass is 428 g/mol. The molecule has 3 aromatic carbocycles. The van der Waals surface area contributed by atoms with Gasteiger partial charge in [0.15, 0.2) is 0 Å². The first-order valence-electron chi connectivity index (χ1n) is 10.9. The lowest BCUT2D eigenvalue weighted by Gasteiger charge is -2.15. The van der Waals surface area contributed by atoms with Crippen LogP contribution in [0, 0.1) is 6.92 Å². The highest BCUT2D eigenvalue weighted by atomic mass is 16.2. The van der Waals surface area contributed by atoms with Crippen LogP contribution >= 0.6 is 0 Å². The molecule has 0 heterocycles. The van der Waals surface area contributed by atoms with Crippen molar-refractivity contribution in [1.82, 2.24) is 10.6 Å². The third-order valence-electron chi connectivity index (χ3n) is 5.78. The summed E-state index contributed by atoms with van der Waals surface area (Å²) in [5.74, 6) is -0.198. The lowest BCUT2D eigenvalue weighted by Crippen LogP contribution is -2.38. The van der Waals surface area contributed by atoms with Gasteiger partial charge in [0.25, 0.3) is 5.91 Å². The molecule has 0 saturated carbocycles. The van der Waals surface area contributed by atoms with Crippen LogP contribution < -0.4 is 21.7 Å². The molecule has 0 spiro atoms. The standard InChI is InChI=1S/C26H28N4O2/c1-17-5-4-6-18(15-17)13-14-28-26(32)30-23-12-10-19-16-20(9-11-21(19)23)25(31)29-24-8-3-2-7-22(24)27/h2-9,11,15-16,23H,10,12-14,27H2,1H3,(H,29,31)(H2,28,30,32). The number of nitrogen functional groups attached to an aromatic ring is 1. The Morgan fingerprint density at radius 3 is 2.69 bits per heavy atom. The van der Waals surface area contributed by atoms with E-state index in [1.807, 2.05) is 30.3 Å². The number of para-hydroxylation sites is 2. The van der Waals surface area contributed by atoms with E-state index in [1.54, 1.807) is 18.2 Å². The molecule has 0 radical (unpaired) electrons. The molecule has 1 unspecified atom stereocenters. The minimum atomic E-state index is -0.198. The SMILES string of the molecule is Cc1cccc(CCNC(=O)NC2CCc3cc(C(=O)Nc4ccccc4N)ccc32)c1. The summed E-state index contributed by atoms with van der Waals surface area (Å²) in [4.78, 5) is 25.0. The third kappa shape index (κ3) is 5.09. The molecule has 0 aliphatic heterocycles. The van der Waals surface area contributed by atoms with Gasteiger partial charge in [0.1, 0.15) is 0 Å². The van der Waals surface area contributed by atoms with Crippen LogP contribution in [0.15, 0.2) is 66.7 Å². The average Bonchev–Trinajstić information content (AvgIpc) is 3.17. The summed E-state index contributed by atoms with van der Waals surface area (Å²) < 4.78 is 0. The predicted molar refractivity (Wildman–Crippen MR) is 128 cm³/mol. The van der Waals surface area contributed by atoms with E-state index in [0.29, 0.717) is 23.5 Å². The lowest BCUT2D eigenvalue weighted by atomic mass is 10.0. The van der Waals surface area contributed by atoms with E-state index in [0.717, 1.165) is 30.4 Å². The molecule has 4 rings (SSSR count). The predicted octanol–water partition coefficient (Wildman–Crippen LogP) is 4.36. The van der Waals surface area contributed by atoms with Crippen LogP contribution in [0.1, 0.15) is 45.1 Å². The van der Waals surface area contributed by atoms with Crippen molar-refractivity contribution in [3.8, 4) is 0 Å². The Kier molecular flexibility index (Phi) is 6.40. The second-order valence-corrected chi connectivity index (χ2v) is 8.19. The van der Waals surface area contributed by atoms with Gasteiger partial charge in [-0.2, -0.15) is 0 Å². The smallest absolute Gasteiger partial charge is 0.315 e. The number of carbonyl (C=O) groups excluding carboxylic acids is 2. The summed E-state index contributed by atoms with van der Waals surface area (Å²) >= 11 is 0. The summed E-state index contributed by atoms with van der Waals surface area (Å²) in [6.45, 7) is 2.64. The minimum absolute atomic E-state index is 0.0501. The molecule has 0 aromatic heterocycles. The summed E-state index contributed by atoms with van der Waals surface area (Å²) in [6.07, 6.45) is 2.43. The first-order valence-corrected chi connectivity index (χ1v) is 10.9. The van der Waals surface area contributed by atoms with E-state index >= 15 is 0 Å². The van der Waals surface area contributed by atoms with Crippen LogP contribution in [-0.2, 0) is 12.8 Å². The Morgan fingerprint density at radius 2 is 1.88 bits per heavy atom. The van der Waals surface area contributed by atoms with Crippen molar-refractivity contribution in [3.63, 3.8) is 0 Å². The van der Waals surface area contributed by atoms with Gasteiger partial charge in [-0.3, -0.25) is 4.79 Å². The van der Waals surface area contributed by atoms with E-state index in [1.165, 1.54) is 11.1 Å². The number of benzene rings is 3. The molecule has 1 aliphatic carbocycles. The fourth-order valence-corrected chi connectivity index (χ4v) is 4.11. The van der Waals surface area contributed by atoms with Gasteiger partial charge >= 0.3 is 6.03 Å². The molecule has 1 aliphatic rings. The van der Waals surface area contributed by atoms with Crippen molar-refractivity contribution in [2.24, 2.45) is 0 Å². The van der Waals surface area contributed by atoms with Gasteiger partial charge in [0.2, 0.25) is 0 Å². The molecule has 3 amide bonds. The van der Waals surface area contributed by atoms with Crippen LogP contribution in [-0.4, -0.2) is 18.5 Å². The number of nitrogens with one attached hydrogen (secondary N) is 3. The van der Waals surface area contributed by atoms with Crippen molar-refractivity contribution in [2.45, 2.75) is 32.2 Å². The van der Waals surface area contributed by atoms with Crippen LogP contribution in [0.3, 0.4) is 0 Å². The number of anilines is 2. The van der Waals surface area contributed by atoms with E-state index in [2.05, 4.69) is 41.1 Å². The third-order valence-corrected chi connectivity index (χ3v) is 5.78. The van der Waals surface area contributed by atoms with Gasteiger partial charge in [-0.25, -0.2) is 4.79 Å². The molecular formula is C26H28N4O2. The van der Waals surface area contributed by atoms with Crippen molar-refractivity contribution < 1.29 is 9.59 Å². The number of hydrogen-bond acceptors (Lipinski definition) is 3. The summed E-state index contributed by atoms with van der Waals surface area (Å²) in [5, 5.41) is 8.86. The van der Waals surface area contributed by atoms with E-state index in [4.69, 9.17) is 5.73 Å². The highest BCUT2D eigenvalue weighted by Gasteiger charge is 2.25. The highest BCUT2D eigenvalue weighted by molar-refractivity contribution is 6.05. The fourth-order valence-electron chi connectivity index (χ4n) is 4.11. The zero-order valence-electron chi connectivity index (χ0n) is 18.2. The molecule has 6 heteroatoms. The average molecular weight is 429 g/mol. The lowest BCUT2D eigenvalue weighted by molar-refractivity contribution is 0.102.